The third-order valence-electron chi connectivity index (χ3n) is 4.67. The van der Waals surface area contributed by atoms with Crippen molar-refractivity contribution >= 4 is 33.7 Å². The highest BCUT2D eigenvalue weighted by Crippen LogP contribution is 2.37. The van der Waals surface area contributed by atoms with E-state index in [-0.39, 0.29) is 17.0 Å². The average Bonchev–Trinajstić information content (AvgIpc) is 2.53. The van der Waals surface area contributed by atoms with Gasteiger partial charge in [-0.05, 0) is 23.3 Å². The van der Waals surface area contributed by atoms with Gasteiger partial charge in [0.1, 0.15) is 17.5 Å². The summed E-state index contributed by atoms with van der Waals surface area (Å²) < 4.78 is 0. The molecule has 1 saturated carbocycles. The Bertz CT molecular complexity index is 827. The van der Waals surface area contributed by atoms with Crippen molar-refractivity contribution in [1.29, 1.82) is 0 Å². The summed E-state index contributed by atoms with van der Waals surface area (Å²) in [5.74, 6) is -0.673. The van der Waals surface area contributed by atoms with Gasteiger partial charge in [-0.3, -0.25) is 14.6 Å². The Morgan fingerprint density at radius 2 is 1.83 bits per heavy atom. The molecule has 0 N–H and O–H groups in total. The third kappa shape index (κ3) is 3.16. The van der Waals surface area contributed by atoms with Crippen LogP contribution < -0.4 is 0 Å². The minimum Gasteiger partial charge on any atom is -0.298 e. The van der Waals surface area contributed by atoms with Crippen LogP contribution in [-0.2, 0) is 9.59 Å². The summed E-state index contributed by atoms with van der Waals surface area (Å²) in [6.07, 6.45) is 1.49. The Kier molecular flexibility index (Phi) is 4.35. The largest absolute Gasteiger partial charge is 0.298 e. The summed E-state index contributed by atoms with van der Waals surface area (Å²) in [6, 6.07) is 14.0. The normalized spacial score (nSPS) is 22.0. The maximum Gasteiger partial charge on any atom is 0.149 e. The molecule has 0 radical (unpaired) electrons. The third-order valence-corrected chi connectivity index (χ3v) is 4.67. The first kappa shape index (κ1) is 16.6. The molecule has 1 unspecified atom stereocenters. The van der Waals surface area contributed by atoms with Crippen molar-refractivity contribution in [3.05, 3.63) is 42.5 Å². The van der Waals surface area contributed by atoms with Crippen molar-refractivity contribution < 1.29 is 9.59 Å². The fourth-order valence-electron chi connectivity index (χ4n) is 3.55. The van der Waals surface area contributed by atoms with Crippen LogP contribution in [0.3, 0.4) is 0 Å². The summed E-state index contributed by atoms with van der Waals surface area (Å²) in [4.78, 5) is 29.7. The van der Waals surface area contributed by atoms with E-state index in [1.165, 1.54) is 0 Å². The van der Waals surface area contributed by atoms with Gasteiger partial charge in [-0.25, -0.2) is 0 Å². The van der Waals surface area contributed by atoms with Gasteiger partial charge in [-0.15, -0.1) is 0 Å². The standard InChI is InChI=1S/C21H23NO2/c1-4-18(23)20-17(12-21(2,3)13-19(20)24)22-16-11-7-9-14-8-5-6-10-15(14)16/h5-11,20H,4,12-13H2,1-3H3. The van der Waals surface area contributed by atoms with Crippen molar-refractivity contribution in [2.24, 2.45) is 16.3 Å². The lowest BCUT2D eigenvalue weighted by Crippen LogP contribution is -2.41. The van der Waals surface area contributed by atoms with Crippen LogP contribution >= 0.6 is 0 Å². The lowest BCUT2D eigenvalue weighted by atomic mass is 9.69. The quantitative estimate of drug-likeness (QED) is 0.755. The second-order valence-corrected chi connectivity index (χ2v) is 7.34. The fourth-order valence-corrected chi connectivity index (χ4v) is 3.55. The molecule has 0 spiro atoms. The second-order valence-electron chi connectivity index (χ2n) is 7.34. The van der Waals surface area contributed by atoms with E-state index in [2.05, 4.69) is 13.8 Å². The van der Waals surface area contributed by atoms with Crippen LogP contribution in [0, 0.1) is 11.3 Å². The number of hydrogen-bond acceptors (Lipinski definition) is 3. The molecule has 0 heterocycles. The van der Waals surface area contributed by atoms with Gasteiger partial charge in [0.25, 0.3) is 0 Å². The van der Waals surface area contributed by atoms with Crippen LogP contribution in [0.5, 0.6) is 0 Å². The lowest BCUT2D eigenvalue weighted by Gasteiger charge is -2.33. The highest BCUT2D eigenvalue weighted by Gasteiger charge is 2.41. The van der Waals surface area contributed by atoms with Crippen molar-refractivity contribution in [2.45, 2.75) is 40.0 Å². The molecule has 2 aromatic carbocycles. The van der Waals surface area contributed by atoms with Gasteiger partial charge in [0.2, 0.25) is 0 Å². The van der Waals surface area contributed by atoms with Crippen molar-refractivity contribution in [3.63, 3.8) is 0 Å². The molecule has 2 aromatic rings. The zero-order chi connectivity index (χ0) is 17.3. The molecule has 0 bridgehead atoms. The van der Waals surface area contributed by atoms with Crippen molar-refractivity contribution in [3.8, 4) is 0 Å². The summed E-state index contributed by atoms with van der Waals surface area (Å²) in [5, 5.41) is 2.16. The van der Waals surface area contributed by atoms with Gasteiger partial charge in [0.05, 0.1) is 5.69 Å². The van der Waals surface area contributed by atoms with Gasteiger partial charge in [-0.1, -0.05) is 57.2 Å². The number of rotatable bonds is 3. The number of nitrogens with zero attached hydrogens (tertiary/aromatic N) is 1. The molecule has 1 fully saturated rings. The lowest BCUT2D eigenvalue weighted by molar-refractivity contribution is -0.131. The van der Waals surface area contributed by atoms with E-state index in [1.54, 1.807) is 0 Å². The van der Waals surface area contributed by atoms with E-state index in [4.69, 9.17) is 4.99 Å². The van der Waals surface area contributed by atoms with Gasteiger partial charge >= 0.3 is 0 Å². The smallest absolute Gasteiger partial charge is 0.149 e. The average molecular weight is 321 g/mol. The summed E-state index contributed by atoms with van der Waals surface area (Å²) in [6.45, 7) is 5.94. The zero-order valence-corrected chi connectivity index (χ0v) is 14.5. The minimum atomic E-state index is -0.665. The van der Waals surface area contributed by atoms with Crippen molar-refractivity contribution in [1.82, 2.24) is 0 Å². The molecule has 1 atom stereocenters. The summed E-state index contributed by atoms with van der Waals surface area (Å²) in [5.41, 5.74) is 1.41. The minimum absolute atomic E-state index is 0.0112. The topological polar surface area (TPSA) is 46.5 Å². The molecular weight excluding hydrogens is 298 g/mol. The Morgan fingerprint density at radius 1 is 1.12 bits per heavy atom. The molecule has 3 heteroatoms. The number of benzene rings is 2. The number of carbonyl (C=O) groups is 2. The molecule has 124 valence electrons. The van der Waals surface area contributed by atoms with Crippen LogP contribution in [0.1, 0.15) is 40.0 Å². The number of hydrogen-bond donors (Lipinski definition) is 0. The Labute approximate surface area is 142 Å². The molecule has 24 heavy (non-hydrogen) atoms. The van der Waals surface area contributed by atoms with Crippen LogP contribution in [0.2, 0.25) is 0 Å². The van der Waals surface area contributed by atoms with Gasteiger partial charge in [-0.2, -0.15) is 0 Å². The number of Topliss-reactive ketones (excluding diaryl/α,β-unsaturated/α-hetero) is 2. The Balaban J connectivity index is 2.13. The summed E-state index contributed by atoms with van der Waals surface area (Å²) in [7, 11) is 0. The molecular formula is C21H23NO2. The molecule has 3 rings (SSSR count). The molecule has 0 aliphatic heterocycles. The van der Waals surface area contributed by atoms with Crippen LogP contribution in [0.4, 0.5) is 5.69 Å². The first-order valence-electron chi connectivity index (χ1n) is 8.52. The maximum atomic E-state index is 12.6. The number of fused-ring (bicyclic) bond motifs is 1. The highest BCUT2D eigenvalue weighted by atomic mass is 16.2. The Morgan fingerprint density at radius 3 is 2.58 bits per heavy atom. The summed E-state index contributed by atoms with van der Waals surface area (Å²) >= 11 is 0. The maximum absolute atomic E-state index is 12.6. The molecule has 1 aliphatic carbocycles. The van der Waals surface area contributed by atoms with Crippen molar-refractivity contribution in [2.75, 3.05) is 0 Å². The second kappa shape index (κ2) is 6.31. The number of ketones is 2. The first-order valence-corrected chi connectivity index (χ1v) is 8.52. The van der Waals surface area contributed by atoms with E-state index in [9.17, 15) is 9.59 Å². The van der Waals surface area contributed by atoms with E-state index in [1.807, 2.05) is 49.4 Å². The first-order chi connectivity index (χ1) is 11.4. The van der Waals surface area contributed by atoms with Gasteiger partial charge in [0.15, 0.2) is 0 Å². The highest BCUT2D eigenvalue weighted by molar-refractivity contribution is 6.23. The predicted molar refractivity (Wildman–Crippen MR) is 97.9 cm³/mol. The zero-order valence-electron chi connectivity index (χ0n) is 14.5. The molecule has 1 aliphatic rings. The predicted octanol–water partition coefficient (Wildman–Crippen LogP) is 4.90. The number of aliphatic imine (C=N–C) groups is 1. The van der Waals surface area contributed by atoms with E-state index in [0.29, 0.717) is 19.3 Å². The van der Waals surface area contributed by atoms with Crippen LogP contribution in [0.25, 0.3) is 10.8 Å². The number of carbonyl (C=O) groups excluding carboxylic acids is 2. The molecule has 0 saturated heterocycles. The van der Waals surface area contributed by atoms with E-state index < -0.39 is 5.92 Å². The molecule has 0 amide bonds. The van der Waals surface area contributed by atoms with Gasteiger partial charge < -0.3 is 0 Å². The van der Waals surface area contributed by atoms with E-state index in [0.717, 1.165) is 22.2 Å². The van der Waals surface area contributed by atoms with Crippen LogP contribution in [-0.4, -0.2) is 17.3 Å². The van der Waals surface area contributed by atoms with Gasteiger partial charge in [0, 0.05) is 23.9 Å². The van der Waals surface area contributed by atoms with E-state index >= 15 is 0 Å². The monoisotopic (exact) mass is 321 g/mol. The molecule has 0 aromatic heterocycles. The SMILES string of the molecule is CCC(=O)C1C(=O)CC(C)(C)CC1=Nc1cccc2ccccc12. The Hall–Kier alpha value is -2.29. The van der Waals surface area contributed by atoms with Crippen LogP contribution in [0.15, 0.2) is 47.5 Å². The fraction of sp³-hybridized carbons (Fsp3) is 0.381. The molecule has 3 nitrogen and oxygen atoms in total.